The summed E-state index contributed by atoms with van der Waals surface area (Å²) in [6.07, 6.45) is -3.55. The van der Waals surface area contributed by atoms with Gasteiger partial charge in [-0.25, -0.2) is 0 Å². The average molecular weight is 260 g/mol. The lowest BCUT2D eigenvalue weighted by atomic mass is 9.99. The number of aryl methyl sites for hydroxylation is 2. The fourth-order valence-corrected chi connectivity index (χ4v) is 1.87. The molecule has 1 aromatic rings. The monoisotopic (exact) mass is 260 g/mol. The SMILES string of the molecule is Cc1ccccc1CCC(CCC(F)(F)F)NN. The molecule has 102 valence electrons. The Hall–Kier alpha value is -1.07. The smallest absolute Gasteiger partial charge is 0.271 e. The molecule has 2 nitrogen and oxygen atoms in total. The maximum absolute atomic E-state index is 12.1. The van der Waals surface area contributed by atoms with Crippen molar-refractivity contribution in [3.05, 3.63) is 35.4 Å². The van der Waals surface area contributed by atoms with Gasteiger partial charge >= 0.3 is 6.18 Å². The first-order valence-electron chi connectivity index (χ1n) is 6.00. The van der Waals surface area contributed by atoms with Crippen LogP contribution in [0.4, 0.5) is 13.2 Å². The normalized spacial score (nSPS) is 13.6. The minimum atomic E-state index is -4.11. The van der Waals surface area contributed by atoms with Gasteiger partial charge in [0.15, 0.2) is 0 Å². The number of nitrogens with one attached hydrogen (secondary N) is 1. The van der Waals surface area contributed by atoms with E-state index in [1.165, 1.54) is 0 Å². The molecular formula is C13H19F3N2. The van der Waals surface area contributed by atoms with Crippen LogP contribution < -0.4 is 11.3 Å². The molecule has 0 aliphatic heterocycles. The van der Waals surface area contributed by atoms with Gasteiger partial charge in [0.2, 0.25) is 0 Å². The van der Waals surface area contributed by atoms with Crippen molar-refractivity contribution in [2.24, 2.45) is 5.84 Å². The summed E-state index contributed by atoms with van der Waals surface area (Å²) in [6, 6.07) is 7.57. The van der Waals surface area contributed by atoms with E-state index in [-0.39, 0.29) is 12.5 Å². The summed E-state index contributed by atoms with van der Waals surface area (Å²) in [7, 11) is 0. The first kappa shape index (κ1) is 15.0. The number of nitrogens with two attached hydrogens (primary N) is 1. The first-order chi connectivity index (χ1) is 8.42. The molecule has 0 radical (unpaired) electrons. The largest absolute Gasteiger partial charge is 0.389 e. The van der Waals surface area contributed by atoms with Crippen LogP contribution >= 0.6 is 0 Å². The maximum Gasteiger partial charge on any atom is 0.389 e. The zero-order valence-electron chi connectivity index (χ0n) is 10.4. The van der Waals surface area contributed by atoms with Gasteiger partial charge in [-0.2, -0.15) is 13.2 Å². The molecular weight excluding hydrogens is 241 g/mol. The Morgan fingerprint density at radius 1 is 1.22 bits per heavy atom. The van der Waals surface area contributed by atoms with Crippen molar-refractivity contribution >= 4 is 0 Å². The second kappa shape index (κ2) is 6.75. The van der Waals surface area contributed by atoms with Crippen molar-refractivity contribution in [3.8, 4) is 0 Å². The van der Waals surface area contributed by atoms with E-state index in [1.807, 2.05) is 31.2 Å². The van der Waals surface area contributed by atoms with E-state index in [9.17, 15) is 13.2 Å². The molecule has 1 aromatic carbocycles. The van der Waals surface area contributed by atoms with Crippen LogP contribution in [0.5, 0.6) is 0 Å². The van der Waals surface area contributed by atoms with Gasteiger partial charge in [0.1, 0.15) is 0 Å². The van der Waals surface area contributed by atoms with Crippen molar-refractivity contribution in [3.63, 3.8) is 0 Å². The number of hydrazine groups is 1. The second-order valence-electron chi connectivity index (χ2n) is 4.48. The highest BCUT2D eigenvalue weighted by Gasteiger charge is 2.27. The molecule has 0 aromatic heterocycles. The van der Waals surface area contributed by atoms with Gasteiger partial charge in [-0.3, -0.25) is 11.3 Å². The molecule has 1 rings (SSSR count). The van der Waals surface area contributed by atoms with Crippen LogP contribution in [0.15, 0.2) is 24.3 Å². The Kier molecular flexibility index (Phi) is 5.62. The van der Waals surface area contributed by atoms with Crippen molar-refractivity contribution < 1.29 is 13.2 Å². The number of hydrogen-bond donors (Lipinski definition) is 2. The van der Waals surface area contributed by atoms with Crippen LogP contribution in [0.1, 0.15) is 30.4 Å². The van der Waals surface area contributed by atoms with Gasteiger partial charge in [0.05, 0.1) is 0 Å². The fourth-order valence-electron chi connectivity index (χ4n) is 1.87. The van der Waals surface area contributed by atoms with Gasteiger partial charge in [-0.15, -0.1) is 0 Å². The van der Waals surface area contributed by atoms with E-state index >= 15 is 0 Å². The molecule has 0 heterocycles. The lowest BCUT2D eigenvalue weighted by molar-refractivity contribution is -0.136. The molecule has 1 atom stereocenters. The van der Waals surface area contributed by atoms with Gasteiger partial charge in [-0.05, 0) is 37.3 Å². The second-order valence-corrected chi connectivity index (χ2v) is 4.48. The van der Waals surface area contributed by atoms with Crippen molar-refractivity contribution in [1.29, 1.82) is 0 Å². The van der Waals surface area contributed by atoms with Crippen LogP contribution in [-0.4, -0.2) is 12.2 Å². The lowest BCUT2D eigenvalue weighted by Gasteiger charge is -2.17. The Labute approximate surface area is 105 Å². The molecule has 5 heteroatoms. The van der Waals surface area contributed by atoms with E-state index in [0.717, 1.165) is 17.5 Å². The van der Waals surface area contributed by atoms with Crippen LogP contribution in [0.2, 0.25) is 0 Å². The number of alkyl halides is 3. The van der Waals surface area contributed by atoms with E-state index in [1.54, 1.807) is 0 Å². The summed E-state index contributed by atoms with van der Waals surface area (Å²) in [5.74, 6) is 5.29. The zero-order valence-corrected chi connectivity index (χ0v) is 10.4. The highest BCUT2D eigenvalue weighted by molar-refractivity contribution is 5.25. The van der Waals surface area contributed by atoms with Gasteiger partial charge in [0.25, 0.3) is 0 Å². The summed E-state index contributed by atoms with van der Waals surface area (Å²) in [5.41, 5.74) is 4.78. The van der Waals surface area contributed by atoms with Crippen LogP contribution in [0.3, 0.4) is 0 Å². The minimum Gasteiger partial charge on any atom is -0.271 e. The Morgan fingerprint density at radius 2 is 1.89 bits per heavy atom. The molecule has 0 saturated heterocycles. The van der Waals surface area contributed by atoms with E-state index in [2.05, 4.69) is 5.43 Å². The van der Waals surface area contributed by atoms with E-state index in [0.29, 0.717) is 6.42 Å². The molecule has 18 heavy (non-hydrogen) atoms. The van der Waals surface area contributed by atoms with Gasteiger partial charge < -0.3 is 0 Å². The topological polar surface area (TPSA) is 38.0 Å². The Morgan fingerprint density at radius 3 is 2.44 bits per heavy atom. The molecule has 0 fully saturated rings. The predicted octanol–water partition coefficient (Wildman–Crippen LogP) is 3.10. The number of hydrogen-bond acceptors (Lipinski definition) is 2. The van der Waals surface area contributed by atoms with Crippen LogP contribution in [-0.2, 0) is 6.42 Å². The third kappa shape index (κ3) is 5.51. The summed E-state index contributed by atoms with van der Waals surface area (Å²) in [4.78, 5) is 0. The average Bonchev–Trinajstić information content (AvgIpc) is 2.30. The van der Waals surface area contributed by atoms with Gasteiger partial charge in [0, 0.05) is 12.5 Å². The van der Waals surface area contributed by atoms with E-state index in [4.69, 9.17) is 5.84 Å². The van der Waals surface area contributed by atoms with Crippen molar-refractivity contribution in [2.75, 3.05) is 0 Å². The summed E-state index contributed by atoms with van der Waals surface area (Å²) >= 11 is 0. The number of rotatable bonds is 6. The highest BCUT2D eigenvalue weighted by Crippen LogP contribution is 2.23. The maximum atomic E-state index is 12.1. The molecule has 0 amide bonds. The van der Waals surface area contributed by atoms with Crippen LogP contribution in [0, 0.1) is 6.92 Å². The molecule has 0 bridgehead atoms. The number of halogens is 3. The molecule has 0 saturated carbocycles. The predicted molar refractivity (Wildman–Crippen MR) is 65.9 cm³/mol. The third-order valence-electron chi connectivity index (χ3n) is 3.04. The minimum absolute atomic E-state index is 0.0197. The summed E-state index contributed by atoms with van der Waals surface area (Å²) in [6.45, 7) is 2.00. The Balaban J connectivity index is 2.43. The summed E-state index contributed by atoms with van der Waals surface area (Å²) in [5, 5.41) is 0. The molecule has 3 N–H and O–H groups in total. The highest BCUT2D eigenvalue weighted by atomic mass is 19.4. The molecule has 0 aliphatic rings. The third-order valence-corrected chi connectivity index (χ3v) is 3.04. The zero-order chi connectivity index (χ0) is 13.6. The van der Waals surface area contributed by atoms with Crippen molar-refractivity contribution in [1.82, 2.24) is 5.43 Å². The first-order valence-corrected chi connectivity index (χ1v) is 6.00. The van der Waals surface area contributed by atoms with E-state index < -0.39 is 12.6 Å². The van der Waals surface area contributed by atoms with Crippen molar-refractivity contribution in [2.45, 2.75) is 44.8 Å². The molecule has 1 unspecified atom stereocenters. The Bertz CT molecular complexity index is 363. The summed E-state index contributed by atoms with van der Waals surface area (Å²) < 4.78 is 36.3. The molecule has 0 spiro atoms. The fraction of sp³-hybridized carbons (Fsp3) is 0.538. The number of benzene rings is 1. The standard InChI is InChI=1S/C13H19F3N2/c1-10-4-2-3-5-11(10)6-7-12(18-17)8-9-13(14,15)16/h2-5,12,18H,6-9,17H2,1H3. The molecule has 0 aliphatic carbocycles. The quantitative estimate of drug-likeness (QED) is 0.609. The van der Waals surface area contributed by atoms with Gasteiger partial charge in [-0.1, -0.05) is 24.3 Å². The van der Waals surface area contributed by atoms with Crippen LogP contribution in [0.25, 0.3) is 0 Å². The lowest BCUT2D eigenvalue weighted by Crippen LogP contribution is -2.36.